The Morgan fingerprint density at radius 1 is 0.722 bits per heavy atom. The number of thioether (sulfide) groups is 1. The van der Waals surface area contributed by atoms with Crippen molar-refractivity contribution in [2.45, 2.75) is 108 Å². The fraction of sp³-hybridized carbons (Fsp3) is 0.581. The van der Waals surface area contributed by atoms with Crippen LogP contribution in [-0.2, 0) is 0 Å². The molecule has 2 aromatic carbocycles. The third-order valence-electron chi connectivity index (χ3n) is 6.19. The van der Waals surface area contributed by atoms with Gasteiger partial charge in [0.1, 0.15) is 24.3 Å². The standard InChI is InChI=1S/C31H45FO3S/c1-3-5-7-9-10-11-13-15-27(32)25-35-29-18-16-26(17-19-29)31(33)36-30-22-20-28(21-23-30)34-24-14-12-8-6-4-2/h16-23,27H,3-15,24-25H2,1-2H3. The molecule has 0 aliphatic heterocycles. The molecule has 1 atom stereocenters. The van der Waals surface area contributed by atoms with Crippen LogP contribution in [0.25, 0.3) is 0 Å². The molecule has 3 nitrogen and oxygen atoms in total. The van der Waals surface area contributed by atoms with Gasteiger partial charge in [-0.3, -0.25) is 4.79 Å². The second-order valence-corrected chi connectivity index (χ2v) is 10.5. The Balaban J connectivity index is 1.64. The minimum Gasteiger partial charge on any atom is -0.494 e. The van der Waals surface area contributed by atoms with E-state index in [1.165, 1.54) is 69.5 Å². The molecule has 5 heteroatoms. The van der Waals surface area contributed by atoms with Crippen molar-refractivity contribution in [3.8, 4) is 11.5 Å². The highest BCUT2D eigenvalue weighted by molar-refractivity contribution is 8.14. The molecule has 2 aromatic rings. The number of benzene rings is 2. The first-order valence-corrected chi connectivity index (χ1v) is 14.8. The number of hydrogen-bond acceptors (Lipinski definition) is 4. The van der Waals surface area contributed by atoms with Gasteiger partial charge in [0.25, 0.3) is 0 Å². The number of carbonyl (C=O) groups excluding carboxylic acids is 1. The van der Waals surface area contributed by atoms with Gasteiger partial charge in [-0.25, -0.2) is 4.39 Å². The van der Waals surface area contributed by atoms with E-state index in [9.17, 15) is 9.18 Å². The molecule has 1 unspecified atom stereocenters. The van der Waals surface area contributed by atoms with Gasteiger partial charge in [0.15, 0.2) is 0 Å². The van der Waals surface area contributed by atoms with E-state index in [0.717, 1.165) is 36.5 Å². The molecule has 0 saturated carbocycles. The molecule has 0 radical (unpaired) electrons. The summed E-state index contributed by atoms with van der Waals surface area (Å²) in [5.41, 5.74) is 0.597. The molecule has 0 N–H and O–H groups in total. The quantitative estimate of drug-likeness (QED) is 0.130. The maximum absolute atomic E-state index is 14.1. The summed E-state index contributed by atoms with van der Waals surface area (Å²) in [6, 6.07) is 14.6. The molecular formula is C31H45FO3S. The molecule has 36 heavy (non-hydrogen) atoms. The lowest BCUT2D eigenvalue weighted by atomic mass is 10.1. The molecule has 0 amide bonds. The Morgan fingerprint density at radius 3 is 1.89 bits per heavy atom. The lowest BCUT2D eigenvalue weighted by Crippen LogP contribution is -2.12. The number of rotatable bonds is 20. The van der Waals surface area contributed by atoms with Gasteiger partial charge in [0.05, 0.1) is 6.61 Å². The number of ether oxygens (including phenoxy) is 2. The first-order valence-electron chi connectivity index (χ1n) is 13.9. The van der Waals surface area contributed by atoms with Crippen LogP contribution in [0.3, 0.4) is 0 Å². The van der Waals surface area contributed by atoms with Crippen LogP contribution >= 0.6 is 11.8 Å². The average Bonchev–Trinajstić information content (AvgIpc) is 2.90. The summed E-state index contributed by atoms with van der Waals surface area (Å²) in [6.45, 7) is 5.22. The van der Waals surface area contributed by atoms with E-state index >= 15 is 0 Å². The molecule has 200 valence electrons. The third kappa shape index (κ3) is 13.3. The fourth-order valence-corrected chi connectivity index (χ4v) is 4.69. The molecule has 0 aliphatic carbocycles. The molecule has 0 bridgehead atoms. The van der Waals surface area contributed by atoms with Crippen molar-refractivity contribution in [1.82, 2.24) is 0 Å². The van der Waals surface area contributed by atoms with E-state index < -0.39 is 6.17 Å². The summed E-state index contributed by atoms with van der Waals surface area (Å²) < 4.78 is 25.5. The summed E-state index contributed by atoms with van der Waals surface area (Å²) in [6.07, 6.45) is 13.9. The van der Waals surface area contributed by atoms with E-state index in [1.54, 1.807) is 24.3 Å². The van der Waals surface area contributed by atoms with Gasteiger partial charge in [0.2, 0.25) is 5.12 Å². The second kappa shape index (κ2) is 19.1. The molecule has 0 aliphatic rings. The SMILES string of the molecule is CCCCCCCCCC(F)COc1ccc(C(=O)Sc2ccc(OCCCCCCC)cc2)cc1. The number of hydrogen-bond donors (Lipinski definition) is 0. The zero-order valence-electron chi connectivity index (χ0n) is 22.3. The predicted octanol–water partition coefficient (Wildman–Crippen LogP) is 9.83. The zero-order valence-corrected chi connectivity index (χ0v) is 23.1. The number of carbonyl (C=O) groups is 1. The number of halogens is 1. The van der Waals surface area contributed by atoms with Crippen molar-refractivity contribution in [2.24, 2.45) is 0 Å². The normalized spacial score (nSPS) is 11.9. The van der Waals surface area contributed by atoms with Crippen LogP contribution in [0.4, 0.5) is 4.39 Å². The van der Waals surface area contributed by atoms with Crippen molar-refractivity contribution in [1.29, 1.82) is 0 Å². The van der Waals surface area contributed by atoms with Crippen LogP contribution in [0, 0.1) is 0 Å². The van der Waals surface area contributed by atoms with Gasteiger partial charge >= 0.3 is 0 Å². The van der Waals surface area contributed by atoms with Crippen LogP contribution in [0.5, 0.6) is 11.5 Å². The molecular weight excluding hydrogens is 471 g/mol. The number of unbranched alkanes of at least 4 members (excludes halogenated alkanes) is 10. The van der Waals surface area contributed by atoms with Gasteiger partial charge in [-0.1, -0.05) is 84.5 Å². The van der Waals surface area contributed by atoms with E-state index in [2.05, 4.69) is 13.8 Å². The zero-order chi connectivity index (χ0) is 25.8. The first kappa shape index (κ1) is 30.2. The van der Waals surface area contributed by atoms with Gasteiger partial charge < -0.3 is 9.47 Å². The van der Waals surface area contributed by atoms with Gasteiger partial charge in [0, 0.05) is 10.5 Å². The first-order chi connectivity index (χ1) is 17.6. The van der Waals surface area contributed by atoms with Crippen LogP contribution in [0.15, 0.2) is 53.4 Å². The summed E-state index contributed by atoms with van der Waals surface area (Å²) in [7, 11) is 0. The average molecular weight is 517 g/mol. The molecule has 0 heterocycles. The van der Waals surface area contributed by atoms with Crippen LogP contribution in [0.2, 0.25) is 0 Å². The molecule has 2 rings (SSSR count). The van der Waals surface area contributed by atoms with Crippen molar-refractivity contribution in [3.05, 3.63) is 54.1 Å². The molecule has 0 aromatic heterocycles. The van der Waals surface area contributed by atoms with Crippen molar-refractivity contribution in [2.75, 3.05) is 13.2 Å². The Bertz CT molecular complexity index is 823. The lowest BCUT2D eigenvalue weighted by molar-refractivity contribution is 0.108. The molecule has 0 spiro atoms. The molecule has 0 saturated heterocycles. The van der Waals surface area contributed by atoms with E-state index in [0.29, 0.717) is 17.7 Å². The van der Waals surface area contributed by atoms with Crippen LogP contribution in [-0.4, -0.2) is 24.5 Å². The van der Waals surface area contributed by atoms with Crippen molar-refractivity contribution < 1.29 is 18.7 Å². The Morgan fingerprint density at radius 2 is 1.25 bits per heavy atom. The third-order valence-corrected chi connectivity index (χ3v) is 7.12. The Kier molecular flexibility index (Phi) is 16.1. The minimum absolute atomic E-state index is 0.0338. The topological polar surface area (TPSA) is 35.5 Å². The smallest absolute Gasteiger partial charge is 0.224 e. The second-order valence-electron chi connectivity index (χ2n) is 9.47. The highest BCUT2D eigenvalue weighted by Crippen LogP contribution is 2.26. The highest BCUT2D eigenvalue weighted by atomic mass is 32.2. The minimum atomic E-state index is -0.953. The van der Waals surface area contributed by atoms with E-state index in [1.807, 2.05) is 24.3 Å². The Labute approximate surface area is 222 Å². The van der Waals surface area contributed by atoms with Crippen LogP contribution < -0.4 is 9.47 Å². The monoisotopic (exact) mass is 516 g/mol. The van der Waals surface area contributed by atoms with Crippen molar-refractivity contribution in [3.63, 3.8) is 0 Å². The number of alkyl halides is 1. The summed E-state index contributed by atoms with van der Waals surface area (Å²) >= 11 is 1.19. The maximum atomic E-state index is 14.1. The summed E-state index contributed by atoms with van der Waals surface area (Å²) in [4.78, 5) is 13.5. The van der Waals surface area contributed by atoms with Crippen molar-refractivity contribution >= 4 is 16.9 Å². The maximum Gasteiger partial charge on any atom is 0.224 e. The molecule has 0 fully saturated rings. The van der Waals surface area contributed by atoms with Gasteiger partial charge in [-0.2, -0.15) is 0 Å². The predicted molar refractivity (Wildman–Crippen MR) is 150 cm³/mol. The van der Waals surface area contributed by atoms with Crippen LogP contribution in [0.1, 0.15) is 108 Å². The lowest BCUT2D eigenvalue weighted by Gasteiger charge is -2.11. The Hall–Kier alpha value is -2.01. The van der Waals surface area contributed by atoms with E-state index in [-0.39, 0.29) is 11.7 Å². The summed E-state index contributed by atoms with van der Waals surface area (Å²) in [5.74, 6) is 1.43. The fourth-order valence-electron chi connectivity index (χ4n) is 3.95. The largest absolute Gasteiger partial charge is 0.494 e. The van der Waals surface area contributed by atoms with Gasteiger partial charge in [-0.05, 0) is 73.1 Å². The highest BCUT2D eigenvalue weighted by Gasteiger charge is 2.11. The summed E-state index contributed by atoms with van der Waals surface area (Å²) in [5, 5.41) is -0.0338. The van der Waals surface area contributed by atoms with Gasteiger partial charge in [-0.15, -0.1) is 0 Å². The van der Waals surface area contributed by atoms with E-state index in [4.69, 9.17) is 9.47 Å².